The predicted octanol–water partition coefficient (Wildman–Crippen LogP) is 1.63. The van der Waals surface area contributed by atoms with Crippen LogP contribution in [0.2, 0.25) is 0 Å². The summed E-state index contributed by atoms with van der Waals surface area (Å²) in [6, 6.07) is 5.56. The largest absolute Gasteiger partial charge is 0.466 e. The summed E-state index contributed by atoms with van der Waals surface area (Å²) >= 11 is 2.59. The summed E-state index contributed by atoms with van der Waals surface area (Å²) in [5.41, 5.74) is 1.07. The number of thioether (sulfide) groups is 1. The van der Waals surface area contributed by atoms with Crippen LogP contribution in [0.1, 0.15) is 12.6 Å². The molecule has 1 aromatic heterocycles. The zero-order valence-electron chi connectivity index (χ0n) is 13.8. The Morgan fingerprint density at radius 1 is 1.31 bits per heavy atom. The third-order valence-electron chi connectivity index (χ3n) is 2.95. The van der Waals surface area contributed by atoms with Crippen LogP contribution < -0.4 is 10.5 Å². The number of esters is 1. The molecular formula is C15H17N3O5S3. The molecule has 2 rings (SSSR count). The van der Waals surface area contributed by atoms with Crippen molar-refractivity contribution < 1.29 is 22.7 Å². The Balaban J connectivity index is 1.83. The number of nitrogens with zero attached hydrogens (tertiary/aromatic N) is 1. The van der Waals surface area contributed by atoms with Gasteiger partial charge in [-0.25, -0.2) is 18.5 Å². The minimum absolute atomic E-state index is 0.0261. The molecule has 3 N–H and O–H groups in total. The monoisotopic (exact) mass is 415 g/mol. The number of hydrogen-bond acceptors (Lipinski definition) is 8. The highest BCUT2D eigenvalue weighted by Gasteiger charge is 2.11. The van der Waals surface area contributed by atoms with E-state index in [0.717, 1.165) is 0 Å². The molecule has 0 aliphatic rings. The van der Waals surface area contributed by atoms with Gasteiger partial charge in [-0.15, -0.1) is 11.3 Å². The van der Waals surface area contributed by atoms with Crippen LogP contribution in [0.4, 0.5) is 5.69 Å². The fourth-order valence-electron chi connectivity index (χ4n) is 1.85. The van der Waals surface area contributed by atoms with Crippen LogP contribution >= 0.6 is 23.1 Å². The number of rotatable bonds is 8. The second kappa shape index (κ2) is 9.12. The standard InChI is InChI=1S/C15H17N3O5S3/c1-2-23-14(20)7-11-8-24-15(18-11)25-9-13(19)17-10-3-5-12(6-4-10)26(16,21)22/h3-6,8H,2,7,9H2,1H3,(H,17,19)(H2,16,21,22). The van der Waals surface area contributed by atoms with Crippen LogP contribution in [0.25, 0.3) is 0 Å². The van der Waals surface area contributed by atoms with Crippen molar-refractivity contribution in [3.63, 3.8) is 0 Å². The van der Waals surface area contributed by atoms with E-state index in [1.807, 2.05) is 0 Å². The lowest BCUT2D eigenvalue weighted by molar-refractivity contribution is -0.142. The zero-order valence-corrected chi connectivity index (χ0v) is 16.2. The van der Waals surface area contributed by atoms with Gasteiger partial charge < -0.3 is 10.1 Å². The lowest BCUT2D eigenvalue weighted by Gasteiger charge is -2.05. The maximum atomic E-state index is 12.0. The first-order chi connectivity index (χ1) is 12.3. The third kappa shape index (κ3) is 6.41. The number of amides is 1. The van der Waals surface area contributed by atoms with Crippen molar-refractivity contribution in [1.82, 2.24) is 4.98 Å². The summed E-state index contributed by atoms with van der Waals surface area (Å²) in [5.74, 6) is -0.473. The zero-order chi connectivity index (χ0) is 19.2. The van der Waals surface area contributed by atoms with Gasteiger partial charge in [0, 0.05) is 11.1 Å². The van der Waals surface area contributed by atoms with E-state index < -0.39 is 10.0 Å². The minimum Gasteiger partial charge on any atom is -0.466 e. The lowest BCUT2D eigenvalue weighted by atomic mass is 10.3. The van der Waals surface area contributed by atoms with Gasteiger partial charge in [0.25, 0.3) is 0 Å². The van der Waals surface area contributed by atoms with Gasteiger partial charge in [-0.05, 0) is 31.2 Å². The van der Waals surface area contributed by atoms with Gasteiger partial charge in [-0.2, -0.15) is 0 Å². The van der Waals surface area contributed by atoms with Crippen molar-refractivity contribution in [1.29, 1.82) is 0 Å². The van der Waals surface area contributed by atoms with E-state index in [1.54, 1.807) is 12.3 Å². The number of sulfonamides is 1. The third-order valence-corrected chi connectivity index (χ3v) is 5.95. The SMILES string of the molecule is CCOC(=O)Cc1csc(SCC(=O)Nc2ccc(S(N)(=O)=O)cc2)n1. The van der Waals surface area contributed by atoms with Gasteiger partial charge in [0.05, 0.1) is 29.4 Å². The summed E-state index contributed by atoms with van der Waals surface area (Å²) in [4.78, 5) is 27.6. The van der Waals surface area contributed by atoms with Gasteiger partial charge in [-0.3, -0.25) is 9.59 Å². The number of carbonyl (C=O) groups is 2. The molecule has 0 spiro atoms. The Morgan fingerprint density at radius 3 is 2.62 bits per heavy atom. The second-order valence-electron chi connectivity index (χ2n) is 4.99. The fourth-order valence-corrected chi connectivity index (χ4v) is 4.01. The first kappa shape index (κ1) is 20.4. The summed E-state index contributed by atoms with van der Waals surface area (Å²) in [6.45, 7) is 2.06. The van der Waals surface area contributed by atoms with Crippen molar-refractivity contribution in [2.24, 2.45) is 5.14 Å². The average molecular weight is 416 g/mol. The summed E-state index contributed by atoms with van der Waals surface area (Å²) < 4.78 is 27.9. The van der Waals surface area contributed by atoms with Crippen molar-refractivity contribution in [3.05, 3.63) is 35.3 Å². The predicted molar refractivity (Wildman–Crippen MR) is 99.6 cm³/mol. The number of anilines is 1. The van der Waals surface area contributed by atoms with Crippen molar-refractivity contribution in [3.8, 4) is 0 Å². The number of carbonyl (C=O) groups excluding carboxylic acids is 2. The van der Waals surface area contributed by atoms with Crippen LogP contribution in [0.5, 0.6) is 0 Å². The molecule has 140 valence electrons. The van der Waals surface area contributed by atoms with Crippen LogP contribution in [0.15, 0.2) is 38.9 Å². The minimum atomic E-state index is -3.76. The Hall–Kier alpha value is -1.95. The van der Waals surface area contributed by atoms with E-state index >= 15 is 0 Å². The van der Waals surface area contributed by atoms with Crippen LogP contribution in [0, 0.1) is 0 Å². The van der Waals surface area contributed by atoms with E-state index in [0.29, 0.717) is 22.3 Å². The van der Waals surface area contributed by atoms with Crippen LogP contribution in [-0.4, -0.2) is 37.6 Å². The van der Waals surface area contributed by atoms with Crippen LogP contribution in [-0.2, 0) is 30.8 Å². The highest BCUT2D eigenvalue weighted by molar-refractivity contribution is 8.01. The highest BCUT2D eigenvalue weighted by atomic mass is 32.2. The number of primary sulfonamides is 1. The summed E-state index contributed by atoms with van der Waals surface area (Å²) in [6.07, 6.45) is 0.105. The Labute approximate surface area is 159 Å². The molecule has 0 radical (unpaired) electrons. The molecule has 1 heterocycles. The van der Waals surface area contributed by atoms with E-state index in [-0.39, 0.29) is 28.9 Å². The molecule has 0 atom stereocenters. The molecule has 26 heavy (non-hydrogen) atoms. The fraction of sp³-hybridized carbons (Fsp3) is 0.267. The molecule has 11 heteroatoms. The molecule has 0 fully saturated rings. The van der Waals surface area contributed by atoms with E-state index in [1.165, 1.54) is 47.4 Å². The normalized spacial score (nSPS) is 11.2. The molecule has 1 amide bonds. The van der Waals surface area contributed by atoms with Crippen molar-refractivity contribution in [2.75, 3.05) is 17.7 Å². The van der Waals surface area contributed by atoms with E-state index in [4.69, 9.17) is 9.88 Å². The smallest absolute Gasteiger partial charge is 0.311 e. The maximum absolute atomic E-state index is 12.0. The van der Waals surface area contributed by atoms with Gasteiger partial charge in [0.1, 0.15) is 0 Å². The molecule has 0 unspecified atom stereocenters. The Morgan fingerprint density at radius 2 is 2.00 bits per heavy atom. The van der Waals surface area contributed by atoms with Crippen molar-refractivity contribution in [2.45, 2.75) is 22.6 Å². The number of aromatic nitrogens is 1. The topological polar surface area (TPSA) is 128 Å². The highest BCUT2D eigenvalue weighted by Crippen LogP contribution is 2.23. The molecule has 1 aromatic carbocycles. The number of thiazole rings is 1. The second-order valence-corrected chi connectivity index (χ2v) is 8.63. The van der Waals surface area contributed by atoms with Gasteiger partial charge in [-0.1, -0.05) is 11.8 Å². The van der Waals surface area contributed by atoms with E-state index in [9.17, 15) is 18.0 Å². The Kier molecular flexibility index (Phi) is 7.14. The van der Waals surface area contributed by atoms with Gasteiger partial charge in [0.15, 0.2) is 4.34 Å². The maximum Gasteiger partial charge on any atom is 0.311 e. The van der Waals surface area contributed by atoms with Gasteiger partial charge >= 0.3 is 5.97 Å². The molecule has 0 bridgehead atoms. The average Bonchev–Trinajstić information content (AvgIpc) is 3.00. The number of nitrogens with one attached hydrogen (secondary N) is 1. The first-order valence-corrected chi connectivity index (χ1v) is 10.8. The van der Waals surface area contributed by atoms with E-state index in [2.05, 4.69) is 10.3 Å². The summed E-state index contributed by atoms with van der Waals surface area (Å²) in [7, 11) is -3.76. The van der Waals surface area contributed by atoms with Crippen LogP contribution in [0.3, 0.4) is 0 Å². The molecule has 0 saturated carbocycles. The molecule has 2 aromatic rings. The molecular weight excluding hydrogens is 398 g/mol. The lowest BCUT2D eigenvalue weighted by Crippen LogP contribution is -2.15. The number of nitrogens with two attached hydrogens (primary N) is 1. The molecule has 0 saturated heterocycles. The van der Waals surface area contributed by atoms with Gasteiger partial charge in [0.2, 0.25) is 15.9 Å². The number of hydrogen-bond donors (Lipinski definition) is 2. The first-order valence-electron chi connectivity index (χ1n) is 7.43. The molecule has 8 nitrogen and oxygen atoms in total. The Bertz CT molecular complexity index is 878. The molecule has 0 aliphatic carbocycles. The molecule has 0 aliphatic heterocycles. The number of benzene rings is 1. The quantitative estimate of drug-likeness (QED) is 0.495. The summed E-state index contributed by atoms with van der Waals surface area (Å²) in [5, 5.41) is 9.42. The number of ether oxygens (including phenoxy) is 1. The van der Waals surface area contributed by atoms with Crippen molar-refractivity contribution >= 4 is 50.7 Å².